The third kappa shape index (κ3) is 6.08. The molecule has 12 heteroatoms. The number of nitrogens with one attached hydrogen (secondary N) is 1. The Labute approximate surface area is 221 Å². The molecule has 36 heavy (non-hydrogen) atoms. The molecule has 0 aliphatic rings. The Bertz CT molecular complexity index is 1380. The molecule has 1 amide bonds. The van der Waals surface area contributed by atoms with Gasteiger partial charge < -0.3 is 5.32 Å². The Morgan fingerprint density at radius 1 is 1.06 bits per heavy atom. The first-order chi connectivity index (χ1) is 17.1. The van der Waals surface area contributed by atoms with Crippen LogP contribution in [-0.4, -0.2) is 20.7 Å². The Balaban J connectivity index is 1.65. The Hall–Kier alpha value is -2.89. The molecule has 1 N–H and O–H groups in total. The van der Waals surface area contributed by atoms with Crippen molar-refractivity contribution in [2.75, 3.05) is 0 Å². The van der Waals surface area contributed by atoms with Crippen LogP contribution >= 0.6 is 39.3 Å². The van der Waals surface area contributed by atoms with Gasteiger partial charge in [-0.2, -0.15) is 13.2 Å². The molecule has 4 aromatic rings. The zero-order chi connectivity index (χ0) is 25.9. The molecule has 0 saturated carbocycles. The van der Waals surface area contributed by atoms with Gasteiger partial charge >= 0.3 is 6.18 Å². The van der Waals surface area contributed by atoms with Crippen LogP contribution in [0.2, 0.25) is 5.02 Å². The summed E-state index contributed by atoms with van der Waals surface area (Å²) in [7, 11) is 0. The lowest BCUT2D eigenvalue weighted by Crippen LogP contribution is -2.26. The maximum atomic E-state index is 14.1. The van der Waals surface area contributed by atoms with Gasteiger partial charge in [0.2, 0.25) is 0 Å². The SMILES string of the molecule is O=C(NCc1nnc(SCc2ccc(Br)cc2)n1-c1cccc(C(F)(F)F)c1)c1c(F)cccc1Cl. The number of nitrogens with zero attached hydrogens (tertiary/aromatic N) is 3. The zero-order valence-corrected chi connectivity index (χ0v) is 21.3. The molecule has 0 radical (unpaired) electrons. The Morgan fingerprint density at radius 2 is 1.78 bits per heavy atom. The van der Waals surface area contributed by atoms with Gasteiger partial charge in [0.25, 0.3) is 5.91 Å². The zero-order valence-electron chi connectivity index (χ0n) is 18.2. The number of halogens is 6. The molecular weight excluding hydrogens is 584 g/mol. The lowest BCUT2D eigenvalue weighted by molar-refractivity contribution is -0.137. The summed E-state index contributed by atoms with van der Waals surface area (Å²) in [5.74, 6) is -0.957. The van der Waals surface area contributed by atoms with Crippen LogP contribution in [0.15, 0.2) is 76.4 Å². The topological polar surface area (TPSA) is 59.8 Å². The average Bonchev–Trinajstić information content (AvgIpc) is 3.24. The molecule has 0 spiro atoms. The number of rotatable bonds is 7. The second-order valence-corrected chi connectivity index (χ2v) is 9.74. The molecule has 0 aliphatic heterocycles. The summed E-state index contributed by atoms with van der Waals surface area (Å²) in [5.41, 5.74) is -0.0491. The fourth-order valence-corrected chi connectivity index (χ4v) is 4.72. The summed E-state index contributed by atoms with van der Waals surface area (Å²) in [4.78, 5) is 12.6. The molecule has 1 heterocycles. The standard InChI is InChI=1S/C24H16BrClF4N4OS/c25-16-9-7-14(8-10-16)13-36-23-33-32-20(12-31-22(35)21-18(26)5-2-6-19(21)27)34(23)17-4-1-3-15(11-17)24(28,29)30/h1-11H,12-13H2,(H,31,35). The number of carbonyl (C=O) groups is 1. The number of benzene rings is 3. The Kier molecular flexibility index (Phi) is 8.01. The van der Waals surface area contributed by atoms with Crippen LogP contribution < -0.4 is 5.32 Å². The van der Waals surface area contributed by atoms with Crippen LogP contribution in [0.4, 0.5) is 17.6 Å². The summed E-state index contributed by atoms with van der Waals surface area (Å²) >= 11 is 10.6. The fourth-order valence-electron chi connectivity index (χ4n) is 3.28. The molecule has 1 aromatic heterocycles. The molecule has 0 unspecified atom stereocenters. The van der Waals surface area contributed by atoms with Crippen molar-refractivity contribution in [3.8, 4) is 5.69 Å². The summed E-state index contributed by atoms with van der Waals surface area (Å²) in [5, 5.41) is 11.0. The smallest absolute Gasteiger partial charge is 0.345 e. The van der Waals surface area contributed by atoms with Gasteiger partial charge in [-0.15, -0.1) is 10.2 Å². The normalized spacial score (nSPS) is 11.5. The van der Waals surface area contributed by atoms with E-state index in [0.717, 1.165) is 28.2 Å². The van der Waals surface area contributed by atoms with Gasteiger partial charge in [-0.05, 0) is 48.0 Å². The highest BCUT2D eigenvalue weighted by atomic mass is 79.9. The second kappa shape index (κ2) is 11.0. The molecule has 5 nitrogen and oxygen atoms in total. The maximum Gasteiger partial charge on any atom is 0.416 e. The first kappa shape index (κ1) is 26.2. The van der Waals surface area contributed by atoms with E-state index in [9.17, 15) is 22.4 Å². The van der Waals surface area contributed by atoms with E-state index in [4.69, 9.17) is 11.6 Å². The van der Waals surface area contributed by atoms with Crippen molar-refractivity contribution in [1.29, 1.82) is 0 Å². The molecule has 0 bridgehead atoms. The molecule has 0 saturated heterocycles. The lowest BCUT2D eigenvalue weighted by atomic mass is 10.2. The third-order valence-corrected chi connectivity index (χ3v) is 6.85. The van der Waals surface area contributed by atoms with Crippen molar-refractivity contribution in [1.82, 2.24) is 20.1 Å². The van der Waals surface area contributed by atoms with E-state index in [0.29, 0.717) is 10.9 Å². The van der Waals surface area contributed by atoms with E-state index in [1.54, 1.807) is 0 Å². The molecule has 4 rings (SSSR count). The maximum absolute atomic E-state index is 14.1. The van der Waals surface area contributed by atoms with Gasteiger partial charge in [0.05, 0.1) is 28.4 Å². The molecule has 186 valence electrons. The van der Waals surface area contributed by atoms with Crippen LogP contribution in [0.3, 0.4) is 0 Å². The summed E-state index contributed by atoms with van der Waals surface area (Å²) in [6, 6.07) is 16.1. The highest BCUT2D eigenvalue weighted by molar-refractivity contribution is 9.10. The van der Waals surface area contributed by atoms with Gasteiger partial charge in [0.15, 0.2) is 11.0 Å². The highest BCUT2D eigenvalue weighted by Crippen LogP contribution is 2.32. The monoisotopic (exact) mass is 598 g/mol. The largest absolute Gasteiger partial charge is 0.416 e. The number of hydrogen-bond acceptors (Lipinski definition) is 4. The van der Waals surface area contributed by atoms with Crippen LogP contribution in [0.1, 0.15) is 27.3 Å². The van der Waals surface area contributed by atoms with Gasteiger partial charge in [-0.1, -0.05) is 63.6 Å². The van der Waals surface area contributed by atoms with Crippen LogP contribution in [0.25, 0.3) is 5.69 Å². The minimum atomic E-state index is -4.55. The first-order valence-corrected chi connectivity index (χ1v) is 12.5. The average molecular weight is 600 g/mol. The number of aromatic nitrogens is 3. The number of hydrogen-bond donors (Lipinski definition) is 1. The fraction of sp³-hybridized carbons (Fsp3) is 0.125. The Morgan fingerprint density at radius 3 is 2.47 bits per heavy atom. The lowest BCUT2D eigenvalue weighted by Gasteiger charge is -2.14. The third-order valence-electron chi connectivity index (χ3n) is 5.01. The van der Waals surface area contributed by atoms with Crippen LogP contribution in [0.5, 0.6) is 0 Å². The van der Waals surface area contributed by atoms with Crippen LogP contribution in [0, 0.1) is 5.82 Å². The van der Waals surface area contributed by atoms with Gasteiger partial charge in [-0.3, -0.25) is 9.36 Å². The summed E-state index contributed by atoms with van der Waals surface area (Å²) in [6.07, 6.45) is -4.55. The van der Waals surface area contributed by atoms with Crippen molar-refractivity contribution in [3.63, 3.8) is 0 Å². The predicted molar refractivity (Wildman–Crippen MR) is 133 cm³/mol. The minimum Gasteiger partial charge on any atom is -0.345 e. The quantitative estimate of drug-likeness (QED) is 0.183. The van der Waals surface area contributed by atoms with Crippen molar-refractivity contribution >= 4 is 45.2 Å². The van der Waals surface area contributed by atoms with Gasteiger partial charge in [-0.25, -0.2) is 4.39 Å². The molecule has 0 aliphatic carbocycles. The highest BCUT2D eigenvalue weighted by Gasteiger charge is 2.31. The van der Waals surface area contributed by atoms with Crippen molar-refractivity contribution in [2.24, 2.45) is 0 Å². The van der Waals surface area contributed by atoms with Crippen molar-refractivity contribution in [2.45, 2.75) is 23.6 Å². The molecule has 0 atom stereocenters. The molecule has 3 aromatic carbocycles. The second-order valence-electron chi connectivity index (χ2n) is 7.48. The van der Waals surface area contributed by atoms with Crippen molar-refractivity contribution in [3.05, 3.63) is 105 Å². The van der Waals surface area contributed by atoms with E-state index in [1.165, 1.54) is 40.6 Å². The van der Waals surface area contributed by atoms with Crippen molar-refractivity contribution < 1.29 is 22.4 Å². The number of amides is 1. The number of carbonyl (C=O) groups excluding carboxylic acids is 1. The summed E-state index contributed by atoms with van der Waals surface area (Å²) < 4.78 is 56.6. The first-order valence-electron chi connectivity index (χ1n) is 10.3. The number of thioether (sulfide) groups is 1. The minimum absolute atomic E-state index is 0.0717. The molecule has 0 fully saturated rings. The van der Waals surface area contributed by atoms with E-state index in [1.807, 2.05) is 24.3 Å². The van der Waals surface area contributed by atoms with E-state index < -0.39 is 23.5 Å². The van der Waals surface area contributed by atoms with E-state index in [2.05, 4.69) is 31.4 Å². The van der Waals surface area contributed by atoms with E-state index >= 15 is 0 Å². The predicted octanol–water partition coefficient (Wildman–Crippen LogP) is 7.06. The molecular formula is C24H16BrClF4N4OS. The summed E-state index contributed by atoms with van der Waals surface area (Å²) in [6.45, 7) is -0.231. The van der Waals surface area contributed by atoms with Gasteiger partial charge in [0, 0.05) is 10.2 Å². The van der Waals surface area contributed by atoms with Gasteiger partial charge in [0.1, 0.15) is 5.82 Å². The number of alkyl halides is 3. The van der Waals surface area contributed by atoms with Crippen LogP contribution in [-0.2, 0) is 18.5 Å². The van der Waals surface area contributed by atoms with E-state index in [-0.39, 0.29) is 28.6 Å².